The monoisotopic (exact) mass is 223 g/mol. The van der Waals surface area contributed by atoms with Crippen LogP contribution in [0.3, 0.4) is 0 Å². The Hall–Kier alpha value is -1.39. The summed E-state index contributed by atoms with van der Waals surface area (Å²) in [5.41, 5.74) is 2.61. The van der Waals surface area contributed by atoms with E-state index in [1.165, 1.54) is 0 Å². The Labute approximate surface area is 94.9 Å². The molecule has 0 aliphatic carbocycles. The summed E-state index contributed by atoms with van der Waals surface area (Å²) in [5.74, 6) is -0.237. The molecule has 1 rings (SSSR count). The number of aliphatic hydroxyl groups excluding tert-OH is 2. The minimum Gasteiger partial charge on any atom is -0.394 e. The first kappa shape index (κ1) is 12.7. The van der Waals surface area contributed by atoms with Gasteiger partial charge in [0.25, 0.3) is 5.91 Å². The van der Waals surface area contributed by atoms with Crippen LogP contribution in [0.15, 0.2) is 18.2 Å². The zero-order chi connectivity index (χ0) is 12.1. The number of rotatable bonds is 4. The number of aryl methyl sites for hydroxylation is 2. The lowest BCUT2D eigenvalue weighted by Crippen LogP contribution is -2.33. The number of benzene rings is 1. The largest absolute Gasteiger partial charge is 0.394 e. The van der Waals surface area contributed by atoms with Gasteiger partial charge in [-0.2, -0.15) is 0 Å². The summed E-state index contributed by atoms with van der Waals surface area (Å²) in [6.07, 6.45) is -0.908. The van der Waals surface area contributed by atoms with E-state index in [9.17, 15) is 4.79 Å². The predicted octanol–water partition coefficient (Wildman–Crippen LogP) is 0.386. The van der Waals surface area contributed by atoms with Crippen LogP contribution in [-0.2, 0) is 0 Å². The summed E-state index contributed by atoms with van der Waals surface area (Å²) in [6, 6.07) is 5.56. The Bertz CT molecular complexity index is 356. The van der Waals surface area contributed by atoms with Gasteiger partial charge in [0.15, 0.2) is 0 Å². The molecule has 0 aliphatic rings. The number of carbonyl (C=O) groups is 1. The van der Waals surface area contributed by atoms with E-state index >= 15 is 0 Å². The molecule has 0 spiro atoms. The highest BCUT2D eigenvalue weighted by atomic mass is 16.3. The molecular weight excluding hydrogens is 206 g/mol. The van der Waals surface area contributed by atoms with Crippen LogP contribution in [0, 0.1) is 13.8 Å². The first-order chi connectivity index (χ1) is 7.52. The van der Waals surface area contributed by atoms with Crippen LogP contribution in [-0.4, -0.2) is 35.4 Å². The van der Waals surface area contributed by atoms with Gasteiger partial charge in [-0.1, -0.05) is 17.2 Å². The van der Waals surface area contributed by atoms with E-state index in [1.807, 2.05) is 19.9 Å². The molecule has 0 saturated carbocycles. The van der Waals surface area contributed by atoms with Gasteiger partial charge >= 0.3 is 0 Å². The van der Waals surface area contributed by atoms with Gasteiger partial charge in [-0.3, -0.25) is 4.79 Å². The predicted molar refractivity (Wildman–Crippen MR) is 61.3 cm³/mol. The summed E-state index contributed by atoms with van der Waals surface area (Å²) < 4.78 is 0. The van der Waals surface area contributed by atoms with Crippen LogP contribution in [0.1, 0.15) is 21.5 Å². The third kappa shape index (κ3) is 3.64. The Morgan fingerprint density at radius 1 is 1.31 bits per heavy atom. The smallest absolute Gasteiger partial charge is 0.251 e. The van der Waals surface area contributed by atoms with Gasteiger partial charge in [0, 0.05) is 12.1 Å². The van der Waals surface area contributed by atoms with Crippen LogP contribution in [0.4, 0.5) is 0 Å². The fraction of sp³-hybridized carbons (Fsp3) is 0.417. The molecule has 4 heteroatoms. The molecule has 0 aromatic heterocycles. The first-order valence-corrected chi connectivity index (χ1v) is 5.18. The number of hydrogen-bond donors (Lipinski definition) is 3. The number of hydrogen-bond acceptors (Lipinski definition) is 3. The summed E-state index contributed by atoms with van der Waals surface area (Å²) in [6.45, 7) is 3.55. The molecule has 88 valence electrons. The highest BCUT2D eigenvalue weighted by molar-refractivity contribution is 5.94. The molecule has 0 fully saturated rings. The third-order valence-electron chi connectivity index (χ3n) is 2.19. The van der Waals surface area contributed by atoms with Crippen LogP contribution < -0.4 is 5.32 Å². The van der Waals surface area contributed by atoms with Crippen molar-refractivity contribution in [3.05, 3.63) is 34.9 Å². The molecule has 1 amide bonds. The van der Waals surface area contributed by atoms with Gasteiger partial charge in [0.2, 0.25) is 0 Å². The van der Waals surface area contributed by atoms with Crippen LogP contribution in [0.2, 0.25) is 0 Å². The quantitative estimate of drug-likeness (QED) is 0.691. The zero-order valence-corrected chi connectivity index (χ0v) is 9.53. The highest BCUT2D eigenvalue weighted by Crippen LogP contribution is 2.08. The molecule has 0 aliphatic heterocycles. The number of amides is 1. The van der Waals surface area contributed by atoms with Crippen molar-refractivity contribution in [1.82, 2.24) is 5.32 Å². The third-order valence-corrected chi connectivity index (χ3v) is 2.19. The van der Waals surface area contributed by atoms with Crippen LogP contribution in [0.25, 0.3) is 0 Å². The van der Waals surface area contributed by atoms with E-state index in [-0.39, 0.29) is 19.1 Å². The van der Waals surface area contributed by atoms with E-state index in [1.54, 1.807) is 12.1 Å². The molecule has 3 N–H and O–H groups in total. The summed E-state index contributed by atoms with van der Waals surface area (Å²) >= 11 is 0. The van der Waals surface area contributed by atoms with Crippen LogP contribution >= 0.6 is 0 Å². The summed E-state index contributed by atoms with van der Waals surface area (Å²) in [7, 11) is 0. The second-order valence-electron chi connectivity index (χ2n) is 3.92. The second-order valence-corrected chi connectivity index (χ2v) is 3.92. The minimum absolute atomic E-state index is 0.0579. The van der Waals surface area contributed by atoms with Crippen molar-refractivity contribution in [3.63, 3.8) is 0 Å². The molecule has 0 heterocycles. The van der Waals surface area contributed by atoms with Gasteiger partial charge in [-0.25, -0.2) is 0 Å². The molecule has 4 nitrogen and oxygen atoms in total. The Balaban J connectivity index is 2.66. The normalized spacial score (nSPS) is 12.2. The van der Waals surface area contributed by atoms with E-state index in [0.717, 1.165) is 11.1 Å². The maximum absolute atomic E-state index is 11.7. The fourth-order valence-corrected chi connectivity index (χ4v) is 1.48. The molecule has 0 saturated heterocycles. The maximum atomic E-state index is 11.7. The fourth-order valence-electron chi connectivity index (χ4n) is 1.48. The second kappa shape index (κ2) is 5.63. The molecule has 0 radical (unpaired) electrons. The number of nitrogens with one attached hydrogen (secondary N) is 1. The van der Waals surface area contributed by atoms with Crippen molar-refractivity contribution in [2.45, 2.75) is 20.0 Å². The van der Waals surface area contributed by atoms with E-state index in [2.05, 4.69) is 5.32 Å². The lowest BCUT2D eigenvalue weighted by atomic mass is 10.1. The van der Waals surface area contributed by atoms with Crippen molar-refractivity contribution < 1.29 is 15.0 Å². The van der Waals surface area contributed by atoms with Gasteiger partial charge in [0.1, 0.15) is 0 Å². The van der Waals surface area contributed by atoms with Crippen molar-refractivity contribution >= 4 is 5.91 Å². The van der Waals surface area contributed by atoms with Crippen molar-refractivity contribution in [2.75, 3.05) is 13.2 Å². The van der Waals surface area contributed by atoms with Crippen molar-refractivity contribution in [3.8, 4) is 0 Å². The Kier molecular flexibility index (Phi) is 4.46. The number of aliphatic hydroxyl groups is 2. The maximum Gasteiger partial charge on any atom is 0.251 e. The SMILES string of the molecule is Cc1cc(C)cc(C(=O)NCC(O)CO)c1. The van der Waals surface area contributed by atoms with Crippen molar-refractivity contribution in [1.29, 1.82) is 0 Å². The first-order valence-electron chi connectivity index (χ1n) is 5.18. The Morgan fingerprint density at radius 2 is 1.88 bits per heavy atom. The average Bonchev–Trinajstić information content (AvgIpc) is 2.23. The summed E-state index contributed by atoms with van der Waals surface area (Å²) in [5, 5.41) is 20.3. The highest BCUT2D eigenvalue weighted by Gasteiger charge is 2.08. The average molecular weight is 223 g/mol. The van der Waals surface area contributed by atoms with Gasteiger partial charge < -0.3 is 15.5 Å². The van der Waals surface area contributed by atoms with E-state index in [4.69, 9.17) is 10.2 Å². The molecular formula is C12H17NO3. The van der Waals surface area contributed by atoms with E-state index in [0.29, 0.717) is 5.56 Å². The minimum atomic E-state index is -0.908. The topological polar surface area (TPSA) is 69.6 Å². The Morgan fingerprint density at radius 3 is 2.38 bits per heavy atom. The molecule has 1 aromatic carbocycles. The summed E-state index contributed by atoms with van der Waals surface area (Å²) in [4.78, 5) is 11.7. The zero-order valence-electron chi connectivity index (χ0n) is 9.53. The number of carbonyl (C=O) groups excluding carboxylic acids is 1. The van der Waals surface area contributed by atoms with Gasteiger partial charge in [-0.15, -0.1) is 0 Å². The van der Waals surface area contributed by atoms with Gasteiger partial charge in [-0.05, 0) is 26.0 Å². The molecule has 1 aromatic rings. The lowest BCUT2D eigenvalue weighted by molar-refractivity contribution is 0.0802. The van der Waals surface area contributed by atoms with Crippen LogP contribution in [0.5, 0.6) is 0 Å². The van der Waals surface area contributed by atoms with Gasteiger partial charge in [0.05, 0.1) is 12.7 Å². The molecule has 1 atom stereocenters. The molecule has 1 unspecified atom stereocenters. The van der Waals surface area contributed by atoms with E-state index < -0.39 is 6.10 Å². The lowest BCUT2D eigenvalue weighted by Gasteiger charge is -2.09. The van der Waals surface area contributed by atoms with Crippen molar-refractivity contribution in [2.24, 2.45) is 0 Å². The standard InChI is InChI=1S/C12H17NO3/c1-8-3-9(2)5-10(4-8)12(16)13-6-11(15)7-14/h3-5,11,14-15H,6-7H2,1-2H3,(H,13,16). The molecule has 16 heavy (non-hydrogen) atoms. The molecule has 0 bridgehead atoms.